The van der Waals surface area contributed by atoms with Gasteiger partial charge in [0.25, 0.3) is 5.91 Å². The van der Waals surface area contributed by atoms with Crippen LogP contribution in [0.1, 0.15) is 40.9 Å². The number of rotatable bonds is 7. The van der Waals surface area contributed by atoms with Crippen LogP contribution in [-0.4, -0.2) is 31.7 Å². The smallest absolute Gasteiger partial charge is 0.251 e. The first-order valence-corrected chi connectivity index (χ1v) is 10.2. The van der Waals surface area contributed by atoms with E-state index in [2.05, 4.69) is 11.4 Å². The van der Waals surface area contributed by atoms with Gasteiger partial charge in [0.1, 0.15) is 0 Å². The Morgan fingerprint density at radius 2 is 1.62 bits per heavy atom. The Balaban J connectivity index is 2.09. The minimum Gasteiger partial charge on any atom is -0.348 e. The van der Waals surface area contributed by atoms with E-state index in [1.165, 1.54) is 22.0 Å². The summed E-state index contributed by atoms with van der Waals surface area (Å²) in [5.74, 6) is -0.225. The fourth-order valence-electron chi connectivity index (χ4n) is 2.81. The minimum atomic E-state index is -3.51. The Labute approximate surface area is 156 Å². The van der Waals surface area contributed by atoms with Crippen molar-refractivity contribution >= 4 is 15.9 Å². The van der Waals surface area contributed by atoms with Gasteiger partial charge in [0, 0.05) is 25.2 Å². The summed E-state index contributed by atoms with van der Waals surface area (Å²) >= 11 is 0. The van der Waals surface area contributed by atoms with Crippen LogP contribution in [0, 0.1) is 13.8 Å². The summed E-state index contributed by atoms with van der Waals surface area (Å²) in [5.41, 5.74) is 3.81. The van der Waals surface area contributed by atoms with Gasteiger partial charge in [-0.2, -0.15) is 4.31 Å². The first kappa shape index (κ1) is 20.1. The SMILES string of the molecule is CCN(CC)S(=O)(=O)c1ccc(C(=O)NCc2ccc(C)cc2C)cc1. The van der Waals surface area contributed by atoms with Crippen molar-refractivity contribution < 1.29 is 13.2 Å². The molecule has 0 spiro atoms. The molecule has 0 aliphatic rings. The number of hydrogen-bond donors (Lipinski definition) is 1. The third kappa shape index (κ3) is 4.51. The van der Waals surface area contributed by atoms with E-state index in [0.717, 1.165) is 11.1 Å². The number of hydrogen-bond acceptors (Lipinski definition) is 3. The van der Waals surface area contributed by atoms with E-state index in [-0.39, 0.29) is 10.8 Å². The topological polar surface area (TPSA) is 66.5 Å². The summed E-state index contributed by atoms with van der Waals surface area (Å²) in [6, 6.07) is 12.2. The van der Waals surface area contributed by atoms with E-state index in [1.54, 1.807) is 26.0 Å². The van der Waals surface area contributed by atoms with Crippen LogP contribution >= 0.6 is 0 Å². The molecular formula is C20H26N2O3S. The predicted octanol–water partition coefficient (Wildman–Crippen LogP) is 3.26. The molecule has 0 unspecified atom stereocenters. The van der Waals surface area contributed by atoms with Crippen molar-refractivity contribution in [3.05, 3.63) is 64.7 Å². The molecule has 140 valence electrons. The van der Waals surface area contributed by atoms with Crippen LogP contribution < -0.4 is 5.32 Å². The normalized spacial score (nSPS) is 11.6. The lowest BCUT2D eigenvalue weighted by molar-refractivity contribution is 0.0950. The van der Waals surface area contributed by atoms with Crippen LogP contribution in [-0.2, 0) is 16.6 Å². The number of carbonyl (C=O) groups excluding carboxylic acids is 1. The summed E-state index contributed by atoms with van der Waals surface area (Å²) in [5, 5.41) is 2.88. The first-order chi connectivity index (χ1) is 12.3. The number of nitrogens with one attached hydrogen (secondary N) is 1. The van der Waals surface area contributed by atoms with Crippen LogP contribution in [0.4, 0.5) is 0 Å². The van der Waals surface area contributed by atoms with Crippen molar-refractivity contribution in [2.45, 2.75) is 39.1 Å². The monoisotopic (exact) mass is 374 g/mol. The number of nitrogens with zero attached hydrogens (tertiary/aromatic N) is 1. The van der Waals surface area contributed by atoms with Crippen molar-refractivity contribution in [3.63, 3.8) is 0 Å². The molecule has 2 rings (SSSR count). The molecule has 0 saturated carbocycles. The van der Waals surface area contributed by atoms with Gasteiger partial charge in [-0.1, -0.05) is 37.6 Å². The molecule has 0 atom stereocenters. The summed E-state index contributed by atoms with van der Waals surface area (Å²) in [6.07, 6.45) is 0. The molecule has 0 saturated heterocycles. The van der Waals surface area contributed by atoms with E-state index in [4.69, 9.17) is 0 Å². The Hall–Kier alpha value is -2.18. The highest BCUT2D eigenvalue weighted by Gasteiger charge is 2.21. The van der Waals surface area contributed by atoms with Crippen LogP contribution in [0.5, 0.6) is 0 Å². The van der Waals surface area contributed by atoms with Gasteiger partial charge in [-0.15, -0.1) is 0 Å². The highest BCUT2D eigenvalue weighted by molar-refractivity contribution is 7.89. The number of benzene rings is 2. The van der Waals surface area contributed by atoms with Gasteiger partial charge >= 0.3 is 0 Å². The van der Waals surface area contributed by atoms with Crippen molar-refractivity contribution in [1.82, 2.24) is 9.62 Å². The van der Waals surface area contributed by atoms with Gasteiger partial charge in [0.05, 0.1) is 4.90 Å². The average Bonchev–Trinajstić information content (AvgIpc) is 2.61. The van der Waals surface area contributed by atoms with E-state index in [9.17, 15) is 13.2 Å². The molecule has 0 heterocycles. The molecule has 2 aromatic carbocycles. The summed E-state index contributed by atoms with van der Waals surface area (Å²) < 4.78 is 26.3. The molecule has 0 aliphatic carbocycles. The third-order valence-corrected chi connectivity index (χ3v) is 6.46. The molecule has 26 heavy (non-hydrogen) atoms. The summed E-state index contributed by atoms with van der Waals surface area (Å²) in [4.78, 5) is 12.5. The van der Waals surface area contributed by atoms with Gasteiger partial charge in [0.2, 0.25) is 10.0 Å². The van der Waals surface area contributed by atoms with Gasteiger partial charge in [-0.25, -0.2) is 8.42 Å². The van der Waals surface area contributed by atoms with Gasteiger partial charge in [-0.3, -0.25) is 4.79 Å². The van der Waals surface area contributed by atoms with Gasteiger partial charge < -0.3 is 5.32 Å². The van der Waals surface area contributed by atoms with Gasteiger partial charge in [0.15, 0.2) is 0 Å². The van der Waals surface area contributed by atoms with Crippen molar-refractivity contribution in [2.75, 3.05) is 13.1 Å². The third-order valence-electron chi connectivity index (χ3n) is 4.40. The second kappa shape index (κ2) is 8.47. The molecule has 2 aromatic rings. The quantitative estimate of drug-likeness (QED) is 0.809. The Morgan fingerprint density at radius 1 is 1.00 bits per heavy atom. The van der Waals surface area contributed by atoms with Crippen molar-refractivity contribution in [2.24, 2.45) is 0 Å². The molecule has 0 aliphatic heterocycles. The lowest BCUT2D eigenvalue weighted by Gasteiger charge is -2.18. The standard InChI is InChI=1S/C20H26N2O3S/c1-5-22(6-2)26(24,25)19-11-9-17(10-12-19)20(23)21-14-18-8-7-15(3)13-16(18)4/h7-13H,5-6,14H2,1-4H3,(H,21,23). The Bertz CT molecular complexity index is 870. The lowest BCUT2D eigenvalue weighted by atomic mass is 10.1. The Kier molecular flexibility index (Phi) is 6.56. The largest absolute Gasteiger partial charge is 0.348 e. The predicted molar refractivity (Wildman–Crippen MR) is 104 cm³/mol. The molecule has 0 aromatic heterocycles. The molecule has 1 N–H and O–H groups in total. The first-order valence-electron chi connectivity index (χ1n) is 8.74. The maximum atomic E-state index is 12.5. The molecule has 5 nitrogen and oxygen atoms in total. The number of aryl methyl sites for hydroxylation is 2. The fourth-order valence-corrected chi connectivity index (χ4v) is 4.27. The van der Waals surface area contributed by atoms with Gasteiger partial charge in [-0.05, 0) is 49.2 Å². The van der Waals surface area contributed by atoms with E-state index in [1.807, 2.05) is 26.0 Å². The number of amides is 1. The highest BCUT2D eigenvalue weighted by Crippen LogP contribution is 2.16. The molecule has 6 heteroatoms. The Morgan fingerprint density at radius 3 is 2.15 bits per heavy atom. The van der Waals surface area contributed by atoms with Crippen molar-refractivity contribution in [1.29, 1.82) is 0 Å². The second-order valence-corrected chi connectivity index (χ2v) is 8.16. The van der Waals surface area contributed by atoms with E-state index in [0.29, 0.717) is 25.2 Å². The fraction of sp³-hybridized carbons (Fsp3) is 0.350. The summed E-state index contributed by atoms with van der Waals surface area (Å²) in [6.45, 7) is 8.91. The minimum absolute atomic E-state index is 0.201. The number of carbonyl (C=O) groups is 1. The zero-order valence-corrected chi connectivity index (χ0v) is 16.6. The molecule has 1 amide bonds. The molecular weight excluding hydrogens is 348 g/mol. The van der Waals surface area contributed by atoms with Crippen LogP contribution in [0.15, 0.2) is 47.4 Å². The lowest BCUT2D eigenvalue weighted by Crippen LogP contribution is -2.30. The van der Waals surface area contributed by atoms with Crippen LogP contribution in [0.3, 0.4) is 0 Å². The summed E-state index contributed by atoms with van der Waals surface area (Å²) in [7, 11) is -3.51. The maximum absolute atomic E-state index is 12.5. The molecule has 0 fully saturated rings. The zero-order chi connectivity index (χ0) is 19.3. The van der Waals surface area contributed by atoms with Crippen LogP contribution in [0.25, 0.3) is 0 Å². The average molecular weight is 375 g/mol. The van der Waals surface area contributed by atoms with Crippen molar-refractivity contribution in [3.8, 4) is 0 Å². The zero-order valence-electron chi connectivity index (χ0n) is 15.7. The van der Waals surface area contributed by atoms with Crippen LogP contribution in [0.2, 0.25) is 0 Å². The molecule has 0 radical (unpaired) electrons. The molecule has 0 bridgehead atoms. The second-order valence-electron chi connectivity index (χ2n) is 6.23. The van der Waals surface area contributed by atoms with E-state index < -0.39 is 10.0 Å². The maximum Gasteiger partial charge on any atom is 0.251 e. The number of sulfonamides is 1. The van der Waals surface area contributed by atoms with E-state index >= 15 is 0 Å². The highest BCUT2D eigenvalue weighted by atomic mass is 32.2.